The summed E-state index contributed by atoms with van der Waals surface area (Å²) in [5.74, 6) is 0. The molecule has 0 spiro atoms. The zero-order valence-electron chi connectivity index (χ0n) is 11.7. The van der Waals surface area contributed by atoms with Gasteiger partial charge in [-0.3, -0.25) is 5.43 Å². The molecule has 0 aromatic rings. The van der Waals surface area contributed by atoms with Crippen molar-refractivity contribution in [2.24, 2.45) is 5.10 Å². The molecule has 6 nitrogen and oxygen atoms in total. The number of nitrogens with zero attached hydrogens (tertiary/aromatic N) is 2. The summed E-state index contributed by atoms with van der Waals surface area (Å²) in [6.45, 7) is 5.31. The molecule has 1 aliphatic rings. The number of hydrazone groups is 1. The number of carbonyl (C=O) groups excluding carboxylic acids is 1. The van der Waals surface area contributed by atoms with Gasteiger partial charge < -0.3 is 5.32 Å². The molecule has 2 amide bonds. The molecule has 7 heteroatoms. The summed E-state index contributed by atoms with van der Waals surface area (Å²) in [6.07, 6.45) is 6.10. The van der Waals surface area contributed by atoms with E-state index in [1.165, 1.54) is 30.7 Å². The Labute approximate surface area is 120 Å². The molecule has 1 aliphatic heterocycles. The Morgan fingerprint density at radius 1 is 1.42 bits per heavy atom. The van der Waals surface area contributed by atoms with E-state index in [2.05, 4.69) is 28.2 Å². The fourth-order valence-corrected chi connectivity index (χ4v) is 1.93. The van der Waals surface area contributed by atoms with Crippen molar-refractivity contribution in [3.63, 3.8) is 0 Å². The number of carbonyl (C=O) groups is 1. The van der Waals surface area contributed by atoms with Crippen molar-refractivity contribution in [2.45, 2.75) is 46.0 Å². The maximum atomic E-state index is 11.5. The zero-order chi connectivity index (χ0) is 14.1. The molecule has 1 rings (SSSR count). The Balaban J connectivity index is 2.13. The summed E-state index contributed by atoms with van der Waals surface area (Å²) >= 11 is 5.14. The van der Waals surface area contributed by atoms with E-state index >= 15 is 0 Å². The average molecular weight is 285 g/mol. The minimum atomic E-state index is -0.294. The fourth-order valence-electron chi connectivity index (χ4n) is 1.72. The molecule has 0 atom stereocenters. The first-order valence-corrected chi connectivity index (χ1v) is 7.19. The van der Waals surface area contributed by atoms with Gasteiger partial charge in [-0.05, 0) is 25.6 Å². The third kappa shape index (κ3) is 6.37. The predicted molar refractivity (Wildman–Crippen MR) is 80.8 cm³/mol. The minimum absolute atomic E-state index is 0.294. The second-order valence-corrected chi connectivity index (χ2v) is 5.04. The summed E-state index contributed by atoms with van der Waals surface area (Å²) in [5.41, 5.74) is 6.09. The number of hydrogen-bond acceptors (Lipinski definition) is 3. The summed E-state index contributed by atoms with van der Waals surface area (Å²) in [4.78, 5) is 11.5. The third-order valence-electron chi connectivity index (χ3n) is 2.78. The van der Waals surface area contributed by atoms with Gasteiger partial charge in [0, 0.05) is 6.54 Å². The van der Waals surface area contributed by atoms with Crippen LogP contribution < -0.4 is 16.2 Å². The zero-order valence-corrected chi connectivity index (χ0v) is 12.5. The highest BCUT2D eigenvalue weighted by Gasteiger charge is 2.18. The maximum Gasteiger partial charge on any atom is 0.356 e. The van der Waals surface area contributed by atoms with E-state index in [9.17, 15) is 4.79 Å². The van der Waals surface area contributed by atoms with Crippen LogP contribution in [0, 0.1) is 0 Å². The lowest BCUT2D eigenvalue weighted by Gasteiger charge is -2.27. The van der Waals surface area contributed by atoms with Gasteiger partial charge in [0.2, 0.25) is 0 Å². The lowest BCUT2D eigenvalue weighted by molar-refractivity contribution is 0.191. The monoisotopic (exact) mass is 285 g/mol. The quantitative estimate of drug-likeness (QED) is 0.492. The van der Waals surface area contributed by atoms with Crippen LogP contribution in [0.3, 0.4) is 0 Å². The van der Waals surface area contributed by atoms with Gasteiger partial charge in [0.05, 0.1) is 12.3 Å². The van der Waals surface area contributed by atoms with Gasteiger partial charge in [0.25, 0.3) is 0 Å². The second-order valence-electron chi connectivity index (χ2n) is 4.63. The Morgan fingerprint density at radius 3 is 2.89 bits per heavy atom. The van der Waals surface area contributed by atoms with E-state index in [4.69, 9.17) is 12.2 Å². The van der Waals surface area contributed by atoms with E-state index in [-0.39, 0.29) is 6.03 Å². The highest BCUT2D eigenvalue weighted by Crippen LogP contribution is 2.01. The molecule has 0 aromatic carbocycles. The third-order valence-corrected chi connectivity index (χ3v) is 3.01. The first-order valence-electron chi connectivity index (χ1n) is 6.78. The number of urea groups is 1. The molecule has 0 radical (unpaired) electrons. The van der Waals surface area contributed by atoms with Crippen molar-refractivity contribution in [3.8, 4) is 0 Å². The summed E-state index contributed by atoms with van der Waals surface area (Å²) in [5, 5.41) is 8.83. The molecular weight excluding hydrogens is 262 g/mol. The van der Waals surface area contributed by atoms with E-state index in [0.717, 1.165) is 18.7 Å². The van der Waals surface area contributed by atoms with Gasteiger partial charge in [-0.2, -0.15) is 5.10 Å². The van der Waals surface area contributed by atoms with E-state index in [0.29, 0.717) is 11.7 Å². The molecule has 0 aromatic heterocycles. The first kappa shape index (κ1) is 15.7. The van der Waals surface area contributed by atoms with Crippen LogP contribution in [-0.2, 0) is 0 Å². The number of rotatable bonds is 7. The number of amides is 2. The SMILES string of the molecule is CCCCCCCNC(=S)NN1CC(C)=NNC1=O. The van der Waals surface area contributed by atoms with Crippen molar-refractivity contribution in [1.29, 1.82) is 0 Å². The number of hydrogen-bond donors (Lipinski definition) is 3. The van der Waals surface area contributed by atoms with Crippen LogP contribution in [-0.4, -0.2) is 35.0 Å². The lowest BCUT2D eigenvalue weighted by Crippen LogP contribution is -2.56. The topological polar surface area (TPSA) is 68.8 Å². The van der Waals surface area contributed by atoms with Crippen LogP contribution >= 0.6 is 12.2 Å². The van der Waals surface area contributed by atoms with E-state index in [1.807, 2.05) is 6.92 Å². The highest BCUT2D eigenvalue weighted by atomic mass is 32.1. The van der Waals surface area contributed by atoms with Gasteiger partial charge in [0.1, 0.15) is 0 Å². The highest BCUT2D eigenvalue weighted by molar-refractivity contribution is 7.80. The molecule has 1 heterocycles. The first-order chi connectivity index (χ1) is 9.13. The maximum absolute atomic E-state index is 11.5. The number of thiocarbonyl (C=S) groups is 1. The van der Waals surface area contributed by atoms with Gasteiger partial charge >= 0.3 is 6.03 Å². The Morgan fingerprint density at radius 2 is 2.16 bits per heavy atom. The molecule has 0 unspecified atom stereocenters. The number of hydrazine groups is 1. The van der Waals surface area contributed by atoms with Crippen molar-refractivity contribution in [3.05, 3.63) is 0 Å². The molecule has 0 saturated carbocycles. The van der Waals surface area contributed by atoms with Gasteiger partial charge in [-0.1, -0.05) is 32.6 Å². The van der Waals surface area contributed by atoms with E-state index < -0.39 is 0 Å². The summed E-state index contributed by atoms with van der Waals surface area (Å²) < 4.78 is 0. The van der Waals surface area contributed by atoms with Crippen molar-refractivity contribution in [1.82, 2.24) is 21.2 Å². The largest absolute Gasteiger partial charge is 0.361 e. The molecular formula is C12H23N5OS. The Kier molecular flexibility index (Phi) is 7.17. The molecule has 19 heavy (non-hydrogen) atoms. The van der Waals surface area contributed by atoms with Crippen molar-refractivity contribution >= 4 is 29.1 Å². The van der Waals surface area contributed by atoms with Gasteiger partial charge in [-0.25, -0.2) is 15.2 Å². The second kappa shape index (κ2) is 8.68. The predicted octanol–water partition coefficient (Wildman–Crippen LogP) is 1.74. The molecule has 3 N–H and O–H groups in total. The average Bonchev–Trinajstić information content (AvgIpc) is 2.38. The minimum Gasteiger partial charge on any atom is -0.361 e. The number of nitrogens with one attached hydrogen (secondary N) is 3. The normalized spacial score (nSPS) is 14.7. The molecule has 108 valence electrons. The van der Waals surface area contributed by atoms with Gasteiger partial charge in [0.15, 0.2) is 5.11 Å². The van der Waals surface area contributed by atoms with Crippen LogP contribution in [0.25, 0.3) is 0 Å². The molecule has 0 saturated heterocycles. The molecule has 0 aliphatic carbocycles. The van der Waals surface area contributed by atoms with Crippen molar-refractivity contribution in [2.75, 3.05) is 13.1 Å². The molecule has 0 fully saturated rings. The Hall–Kier alpha value is -1.37. The lowest BCUT2D eigenvalue weighted by atomic mass is 10.1. The van der Waals surface area contributed by atoms with Crippen molar-refractivity contribution < 1.29 is 4.79 Å². The molecule has 0 bridgehead atoms. The van der Waals surface area contributed by atoms with Crippen LogP contribution in [0.15, 0.2) is 5.10 Å². The Bertz CT molecular complexity index is 345. The number of unbranched alkanes of at least 4 members (excludes halogenated alkanes) is 4. The van der Waals surface area contributed by atoms with Crippen LogP contribution in [0.1, 0.15) is 46.0 Å². The van der Waals surface area contributed by atoms with E-state index in [1.54, 1.807) is 0 Å². The fraction of sp³-hybridized carbons (Fsp3) is 0.750. The van der Waals surface area contributed by atoms with Gasteiger partial charge in [-0.15, -0.1) is 0 Å². The summed E-state index contributed by atoms with van der Waals surface area (Å²) in [7, 11) is 0. The van der Waals surface area contributed by atoms with Crippen LogP contribution in [0.2, 0.25) is 0 Å². The van der Waals surface area contributed by atoms with Crippen LogP contribution in [0.5, 0.6) is 0 Å². The van der Waals surface area contributed by atoms with Crippen LogP contribution in [0.4, 0.5) is 4.79 Å². The smallest absolute Gasteiger partial charge is 0.356 e. The summed E-state index contributed by atoms with van der Waals surface area (Å²) in [6, 6.07) is -0.294. The standard InChI is InChI=1S/C12H23N5OS/c1-3-4-5-6-7-8-13-11(19)16-17-9-10(2)14-15-12(17)18/h3-9H2,1-2H3,(H,15,18)(H2,13,16,19).